The summed E-state index contributed by atoms with van der Waals surface area (Å²) in [6.07, 6.45) is 7.95. The number of nitrogens with zero attached hydrogens (tertiary/aromatic N) is 1. The second kappa shape index (κ2) is 5.00. The Hall–Kier alpha value is -1.14. The number of thiazole rings is 1. The van der Waals surface area contributed by atoms with Crippen molar-refractivity contribution in [2.24, 2.45) is 5.92 Å². The molecule has 0 aromatic carbocycles. The van der Waals surface area contributed by atoms with Crippen LogP contribution in [0.5, 0.6) is 0 Å². The Labute approximate surface area is 122 Å². The minimum Gasteiger partial charge on any atom is -0.373 e. The molecule has 2 N–H and O–H groups in total. The molecule has 3 aliphatic rings. The second-order valence-corrected chi connectivity index (χ2v) is 6.95. The minimum atomic E-state index is -0.0711. The van der Waals surface area contributed by atoms with Crippen molar-refractivity contribution < 1.29 is 9.53 Å². The molecule has 2 saturated heterocycles. The highest BCUT2D eigenvalue weighted by Crippen LogP contribution is 2.41. The van der Waals surface area contributed by atoms with Gasteiger partial charge in [-0.2, -0.15) is 0 Å². The summed E-state index contributed by atoms with van der Waals surface area (Å²) in [4.78, 5) is 16.6. The molecule has 4 rings (SSSR count). The van der Waals surface area contributed by atoms with Crippen LogP contribution in [0.3, 0.4) is 0 Å². The zero-order valence-corrected chi connectivity index (χ0v) is 12.1. The number of aromatic nitrogens is 1. The maximum absolute atomic E-state index is 12.2. The Morgan fingerprint density at radius 3 is 2.90 bits per heavy atom. The van der Waals surface area contributed by atoms with Crippen molar-refractivity contribution in [1.82, 2.24) is 15.6 Å². The van der Waals surface area contributed by atoms with E-state index in [0.717, 1.165) is 24.3 Å². The van der Waals surface area contributed by atoms with Crippen LogP contribution in [-0.2, 0) is 4.74 Å². The van der Waals surface area contributed by atoms with Crippen LogP contribution in [0.1, 0.15) is 43.2 Å². The third-order valence-corrected chi connectivity index (χ3v) is 5.38. The SMILES string of the molecule is O=C(N[C@@H](c1nccs1)C1CC1)N[C@@H]1C[C@H]2CC[C@H]1O2. The third-order valence-electron chi connectivity index (χ3n) is 4.52. The summed E-state index contributed by atoms with van der Waals surface area (Å²) in [6.45, 7) is 0. The van der Waals surface area contributed by atoms with E-state index in [1.54, 1.807) is 17.5 Å². The highest BCUT2D eigenvalue weighted by Gasteiger charge is 2.42. The average Bonchev–Trinajstić information content (AvgIpc) is 2.88. The molecule has 2 amide bonds. The summed E-state index contributed by atoms with van der Waals surface area (Å²) in [6, 6.07) is 0.192. The normalized spacial score (nSPS) is 33.1. The van der Waals surface area contributed by atoms with Crippen LogP contribution >= 0.6 is 11.3 Å². The number of rotatable bonds is 4. The summed E-state index contributed by atoms with van der Waals surface area (Å²) in [7, 11) is 0. The van der Waals surface area contributed by atoms with Crippen LogP contribution in [-0.4, -0.2) is 29.3 Å². The molecule has 1 aromatic heterocycles. The number of urea groups is 1. The van der Waals surface area contributed by atoms with E-state index in [4.69, 9.17) is 4.74 Å². The molecule has 2 aliphatic heterocycles. The van der Waals surface area contributed by atoms with E-state index in [1.165, 1.54) is 12.8 Å². The number of hydrogen-bond donors (Lipinski definition) is 2. The lowest BCUT2D eigenvalue weighted by molar-refractivity contribution is 0.0980. The van der Waals surface area contributed by atoms with Crippen molar-refractivity contribution in [2.45, 2.75) is 56.4 Å². The van der Waals surface area contributed by atoms with Crippen molar-refractivity contribution >= 4 is 17.4 Å². The fraction of sp³-hybridized carbons (Fsp3) is 0.714. The zero-order valence-electron chi connectivity index (χ0n) is 11.2. The number of hydrogen-bond acceptors (Lipinski definition) is 4. The van der Waals surface area contributed by atoms with Crippen LogP contribution in [0.2, 0.25) is 0 Å². The molecular weight excluding hydrogens is 274 g/mol. The van der Waals surface area contributed by atoms with Crippen molar-refractivity contribution in [3.8, 4) is 0 Å². The summed E-state index contributed by atoms with van der Waals surface area (Å²) in [5.74, 6) is 0.558. The van der Waals surface area contributed by atoms with Gasteiger partial charge in [-0.15, -0.1) is 11.3 Å². The predicted molar refractivity (Wildman–Crippen MR) is 75.5 cm³/mol. The third kappa shape index (κ3) is 2.42. The molecule has 1 aromatic rings. The standard InChI is InChI=1S/C14H19N3O2S/c18-14(16-10-7-9-3-4-11(10)19-9)17-12(8-1-2-8)13-15-5-6-20-13/h5-6,8-12H,1-4,7H2,(H2,16,17,18)/t9-,10-,11-,12-/m1/s1. The van der Waals surface area contributed by atoms with Crippen molar-refractivity contribution in [2.75, 3.05) is 0 Å². The van der Waals surface area contributed by atoms with E-state index >= 15 is 0 Å². The Bertz CT molecular complexity index is 489. The van der Waals surface area contributed by atoms with E-state index in [2.05, 4.69) is 15.6 Å². The Balaban J connectivity index is 1.36. The van der Waals surface area contributed by atoms with Crippen LogP contribution < -0.4 is 10.6 Å². The van der Waals surface area contributed by atoms with Gasteiger partial charge in [0.25, 0.3) is 0 Å². The lowest BCUT2D eigenvalue weighted by atomic mass is 9.96. The highest BCUT2D eigenvalue weighted by atomic mass is 32.1. The van der Waals surface area contributed by atoms with E-state index in [0.29, 0.717) is 12.0 Å². The molecule has 0 unspecified atom stereocenters. The van der Waals surface area contributed by atoms with E-state index < -0.39 is 0 Å². The summed E-state index contributed by atoms with van der Waals surface area (Å²) in [5.41, 5.74) is 0. The smallest absolute Gasteiger partial charge is 0.315 e. The van der Waals surface area contributed by atoms with E-state index in [-0.39, 0.29) is 24.2 Å². The second-order valence-electron chi connectivity index (χ2n) is 6.02. The van der Waals surface area contributed by atoms with Crippen molar-refractivity contribution in [1.29, 1.82) is 0 Å². The zero-order chi connectivity index (χ0) is 13.5. The van der Waals surface area contributed by atoms with Crippen molar-refractivity contribution in [3.05, 3.63) is 16.6 Å². The maximum atomic E-state index is 12.2. The van der Waals surface area contributed by atoms with Gasteiger partial charge in [0, 0.05) is 11.6 Å². The first-order valence-electron chi connectivity index (χ1n) is 7.41. The van der Waals surface area contributed by atoms with Gasteiger partial charge in [-0.3, -0.25) is 0 Å². The summed E-state index contributed by atoms with van der Waals surface area (Å²) < 4.78 is 5.77. The maximum Gasteiger partial charge on any atom is 0.315 e. The first-order chi connectivity index (χ1) is 9.79. The quantitative estimate of drug-likeness (QED) is 0.894. The summed E-state index contributed by atoms with van der Waals surface area (Å²) in [5, 5.41) is 9.18. The van der Waals surface area contributed by atoms with Gasteiger partial charge in [0.2, 0.25) is 0 Å². The number of ether oxygens (including phenoxy) is 1. The van der Waals surface area contributed by atoms with Gasteiger partial charge in [-0.25, -0.2) is 9.78 Å². The van der Waals surface area contributed by atoms with Gasteiger partial charge >= 0.3 is 6.03 Å². The number of fused-ring (bicyclic) bond motifs is 2. The molecular formula is C14H19N3O2S. The van der Waals surface area contributed by atoms with Gasteiger partial charge in [-0.05, 0) is 38.0 Å². The molecule has 0 spiro atoms. The number of nitrogens with one attached hydrogen (secondary N) is 2. The van der Waals surface area contributed by atoms with Crippen LogP contribution in [0.4, 0.5) is 4.79 Å². The molecule has 6 heteroatoms. The van der Waals surface area contributed by atoms with Gasteiger partial charge in [0.05, 0.1) is 24.3 Å². The fourth-order valence-corrected chi connectivity index (χ4v) is 4.12. The lowest BCUT2D eigenvalue weighted by Crippen LogP contribution is -2.47. The van der Waals surface area contributed by atoms with Gasteiger partial charge in [0.1, 0.15) is 5.01 Å². The first kappa shape index (κ1) is 12.6. The topological polar surface area (TPSA) is 63.2 Å². The van der Waals surface area contributed by atoms with Crippen LogP contribution in [0.15, 0.2) is 11.6 Å². The number of carbonyl (C=O) groups is 1. The predicted octanol–water partition coefficient (Wildman–Crippen LogP) is 2.21. The molecule has 20 heavy (non-hydrogen) atoms. The van der Waals surface area contributed by atoms with Gasteiger partial charge in [-0.1, -0.05) is 0 Å². The Kier molecular flexibility index (Phi) is 3.15. The van der Waals surface area contributed by atoms with Crippen LogP contribution in [0, 0.1) is 5.92 Å². The largest absolute Gasteiger partial charge is 0.373 e. The number of carbonyl (C=O) groups excluding carboxylic acids is 1. The van der Waals surface area contributed by atoms with Crippen LogP contribution in [0.25, 0.3) is 0 Å². The Morgan fingerprint density at radius 1 is 1.40 bits per heavy atom. The highest BCUT2D eigenvalue weighted by molar-refractivity contribution is 7.09. The molecule has 3 heterocycles. The van der Waals surface area contributed by atoms with Gasteiger partial charge < -0.3 is 15.4 Å². The van der Waals surface area contributed by atoms with Gasteiger partial charge in [0.15, 0.2) is 0 Å². The minimum absolute atomic E-state index is 0.0711. The fourth-order valence-electron chi connectivity index (χ4n) is 3.34. The average molecular weight is 293 g/mol. The van der Waals surface area contributed by atoms with Crippen molar-refractivity contribution in [3.63, 3.8) is 0 Å². The Morgan fingerprint density at radius 2 is 2.30 bits per heavy atom. The number of amides is 2. The molecule has 5 nitrogen and oxygen atoms in total. The molecule has 1 saturated carbocycles. The molecule has 4 atom stereocenters. The van der Waals surface area contributed by atoms with E-state index in [9.17, 15) is 4.79 Å². The van der Waals surface area contributed by atoms with E-state index in [1.807, 2.05) is 5.38 Å². The molecule has 2 bridgehead atoms. The monoisotopic (exact) mass is 293 g/mol. The molecule has 1 aliphatic carbocycles. The molecule has 3 fully saturated rings. The first-order valence-corrected chi connectivity index (χ1v) is 8.29. The molecule has 108 valence electrons. The lowest BCUT2D eigenvalue weighted by Gasteiger charge is -2.22. The molecule has 0 radical (unpaired) electrons. The summed E-state index contributed by atoms with van der Waals surface area (Å²) >= 11 is 1.62.